The van der Waals surface area contributed by atoms with Crippen LogP contribution in [-0.4, -0.2) is 13.7 Å². The lowest BCUT2D eigenvalue weighted by atomic mass is 10.3. The number of hydrogen-bond donors (Lipinski definition) is 0. The summed E-state index contributed by atoms with van der Waals surface area (Å²) in [5.74, 6) is 2.39. The minimum Gasteiger partial charge on any atom is -0.493 e. The summed E-state index contributed by atoms with van der Waals surface area (Å²) in [4.78, 5) is 0. The Morgan fingerprint density at radius 1 is 1.36 bits per heavy atom. The summed E-state index contributed by atoms with van der Waals surface area (Å²) in [6.45, 7) is 0.812. The second-order valence-corrected chi connectivity index (χ2v) is 4.47. The summed E-state index contributed by atoms with van der Waals surface area (Å²) in [6.07, 6.45) is 2.60. The van der Waals surface area contributed by atoms with E-state index < -0.39 is 0 Å². The summed E-state index contributed by atoms with van der Waals surface area (Å²) in [5.41, 5.74) is 0. The van der Waals surface area contributed by atoms with Crippen LogP contribution in [-0.2, 0) is 0 Å². The van der Waals surface area contributed by atoms with Crippen LogP contribution < -0.4 is 9.47 Å². The van der Waals surface area contributed by atoms with Gasteiger partial charge in [-0.05, 0) is 37.0 Å². The highest BCUT2D eigenvalue weighted by molar-refractivity contribution is 9.10. The summed E-state index contributed by atoms with van der Waals surface area (Å²) in [6, 6.07) is 5.80. The topological polar surface area (TPSA) is 18.5 Å². The largest absolute Gasteiger partial charge is 0.493 e. The van der Waals surface area contributed by atoms with Gasteiger partial charge < -0.3 is 9.47 Å². The van der Waals surface area contributed by atoms with Crippen LogP contribution in [0.25, 0.3) is 0 Å². The molecule has 0 unspecified atom stereocenters. The molecule has 0 radical (unpaired) electrons. The van der Waals surface area contributed by atoms with E-state index in [1.54, 1.807) is 7.11 Å². The molecule has 0 amide bonds. The second-order valence-electron chi connectivity index (χ2n) is 3.55. The predicted octanol–water partition coefficient (Wildman–Crippen LogP) is 3.25. The Hall–Kier alpha value is -0.700. The molecular formula is C11H13BrO2. The first-order valence-electron chi connectivity index (χ1n) is 4.76. The van der Waals surface area contributed by atoms with Crippen molar-refractivity contribution in [2.75, 3.05) is 13.7 Å². The van der Waals surface area contributed by atoms with Gasteiger partial charge in [-0.15, -0.1) is 0 Å². The van der Waals surface area contributed by atoms with Crippen LogP contribution in [0, 0.1) is 5.92 Å². The first-order valence-corrected chi connectivity index (χ1v) is 5.55. The molecule has 0 spiro atoms. The third-order valence-electron chi connectivity index (χ3n) is 2.30. The average Bonchev–Trinajstić information content (AvgIpc) is 2.98. The SMILES string of the molecule is COc1ccc(Br)cc1OCC1CC1. The zero-order valence-electron chi connectivity index (χ0n) is 8.13. The van der Waals surface area contributed by atoms with E-state index >= 15 is 0 Å². The molecule has 1 aromatic rings. The molecule has 0 saturated heterocycles. The van der Waals surface area contributed by atoms with Crippen LogP contribution in [0.1, 0.15) is 12.8 Å². The maximum atomic E-state index is 5.68. The van der Waals surface area contributed by atoms with Crippen molar-refractivity contribution in [2.45, 2.75) is 12.8 Å². The van der Waals surface area contributed by atoms with Crippen molar-refractivity contribution < 1.29 is 9.47 Å². The van der Waals surface area contributed by atoms with Crippen LogP contribution in [0.15, 0.2) is 22.7 Å². The molecule has 1 aliphatic rings. The fourth-order valence-corrected chi connectivity index (χ4v) is 1.60. The van der Waals surface area contributed by atoms with E-state index in [9.17, 15) is 0 Å². The van der Waals surface area contributed by atoms with Gasteiger partial charge in [-0.3, -0.25) is 0 Å². The van der Waals surface area contributed by atoms with Crippen LogP contribution in [0.3, 0.4) is 0 Å². The second kappa shape index (κ2) is 4.22. The van der Waals surface area contributed by atoms with E-state index in [1.165, 1.54) is 12.8 Å². The van der Waals surface area contributed by atoms with Gasteiger partial charge >= 0.3 is 0 Å². The van der Waals surface area contributed by atoms with Gasteiger partial charge in [0.15, 0.2) is 11.5 Å². The van der Waals surface area contributed by atoms with Gasteiger partial charge in [0.2, 0.25) is 0 Å². The molecular weight excluding hydrogens is 244 g/mol. The molecule has 0 bridgehead atoms. The number of methoxy groups -OCH3 is 1. The van der Waals surface area contributed by atoms with Crippen molar-refractivity contribution in [1.82, 2.24) is 0 Å². The Morgan fingerprint density at radius 3 is 2.79 bits per heavy atom. The molecule has 1 fully saturated rings. The molecule has 1 aliphatic carbocycles. The fourth-order valence-electron chi connectivity index (χ4n) is 1.26. The Balaban J connectivity index is 2.07. The van der Waals surface area contributed by atoms with Crippen LogP contribution in [0.5, 0.6) is 11.5 Å². The molecule has 1 saturated carbocycles. The van der Waals surface area contributed by atoms with E-state index in [0.29, 0.717) is 0 Å². The van der Waals surface area contributed by atoms with Crippen molar-refractivity contribution in [2.24, 2.45) is 5.92 Å². The molecule has 2 rings (SSSR count). The quantitative estimate of drug-likeness (QED) is 0.824. The molecule has 76 valence electrons. The summed E-state index contributed by atoms with van der Waals surface area (Å²) < 4.78 is 11.9. The average molecular weight is 257 g/mol. The maximum absolute atomic E-state index is 5.68. The highest BCUT2D eigenvalue weighted by atomic mass is 79.9. The van der Waals surface area contributed by atoms with E-state index in [-0.39, 0.29) is 0 Å². The Kier molecular flexibility index (Phi) is 2.96. The Morgan fingerprint density at radius 2 is 2.14 bits per heavy atom. The molecule has 3 heteroatoms. The van der Waals surface area contributed by atoms with E-state index in [2.05, 4.69) is 15.9 Å². The van der Waals surface area contributed by atoms with Gasteiger partial charge in [-0.1, -0.05) is 15.9 Å². The van der Waals surface area contributed by atoms with Gasteiger partial charge in [0.1, 0.15) is 0 Å². The molecule has 0 atom stereocenters. The summed E-state index contributed by atoms with van der Waals surface area (Å²) >= 11 is 3.41. The van der Waals surface area contributed by atoms with E-state index in [1.807, 2.05) is 18.2 Å². The number of halogens is 1. The van der Waals surface area contributed by atoms with Crippen LogP contribution in [0.2, 0.25) is 0 Å². The Bertz CT molecular complexity index is 321. The number of benzene rings is 1. The van der Waals surface area contributed by atoms with E-state index in [4.69, 9.17) is 9.47 Å². The molecule has 2 nitrogen and oxygen atoms in total. The van der Waals surface area contributed by atoms with Crippen LogP contribution in [0.4, 0.5) is 0 Å². The van der Waals surface area contributed by atoms with Crippen molar-refractivity contribution in [3.8, 4) is 11.5 Å². The minimum atomic E-state index is 0.763. The first kappa shape index (κ1) is 9.84. The van der Waals surface area contributed by atoms with Gasteiger partial charge in [-0.25, -0.2) is 0 Å². The van der Waals surface area contributed by atoms with Gasteiger partial charge in [0.05, 0.1) is 13.7 Å². The number of hydrogen-bond acceptors (Lipinski definition) is 2. The van der Waals surface area contributed by atoms with Crippen molar-refractivity contribution in [1.29, 1.82) is 0 Å². The smallest absolute Gasteiger partial charge is 0.162 e. The summed E-state index contributed by atoms with van der Waals surface area (Å²) in [7, 11) is 1.66. The van der Waals surface area contributed by atoms with Crippen molar-refractivity contribution in [3.63, 3.8) is 0 Å². The normalized spacial score (nSPS) is 15.3. The van der Waals surface area contributed by atoms with Crippen molar-refractivity contribution in [3.05, 3.63) is 22.7 Å². The zero-order chi connectivity index (χ0) is 9.97. The monoisotopic (exact) mass is 256 g/mol. The molecule has 0 N–H and O–H groups in total. The molecule has 0 aliphatic heterocycles. The lowest BCUT2D eigenvalue weighted by Crippen LogP contribution is -2.00. The fraction of sp³-hybridized carbons (Fsp3) is 0.455. The minimum absolute atomic E-state index is 0.763. The highest BCUT2D eigenvalue weighted by Gasteiger charge is 2.22. The van der Waals surface area contributed by atoms with Crippen molar-refractivity contribution >= 4 is 15.9 Å². The Labute approximate surface area is 92.3 Å². The van der Waals surface area contributed by atoms with Gasteiger partial charge in [0, 0.05) is 4.47 Å². The number of rotatable bonds is 4. The first-order chi connectivity index (χ1) is 6.79. The van der Waals surface area contributed by atoms with E-state index in [0.717, 1.165) is 28.5 Å². The third kappa shape index (κ3) is 2.41. The lowest BCUT2D eigenvalue weighted by molar-refractivity contribution is 0.280. The number of ether oxygens (including phenoxy) is 2. The van der Waals surface area contributed by atoms with Gasteiger partial charge in [0.25, 0.3) is 0 Å². The lowest BCUT2D eigenvalue weighted by Gasteiger charge is -2.10. The maximum Gasteiger partial charge on any atom is 0.162 e. The standard InChI is InChI=1S/C11H13BrO2/c1-13-10-5-4-9(12)6-11(10)14-7-8-2-3-8/h4-6,8H,2-3,7H2,1H3. The zero-order valence-corrected chi connectivity index (χ0v) is 9.71. The highest BCUT2D eigenvalue weighted by Crippen LogP contribution is 2.34. The molecule has 1 aromatic carbocycles. The molecule has 0 aromatic heterocycles. The third-order valence-corrected chi connectivity index (χ3v) is 2.79. The molecule has 14 heavy (non-hydrogen) atoms. The summed E-state index contributed by atoms with van der Waals surface area (Å²) in [5, 5.41) is 0. The molecule has 0 heterocycles. The predicted molar refractivity (Wildman–Crippen MR) is 58.9 cm³/mol. The van der Waals surface area contributed by atoms with Gasteiger partial charge in [-0.2, -0.15) is 0 Å². The van der Waals surface area contributed by atoms with Crippen LogP contribution >= 0.6 is 15.9 Å².